The molecule has 4 nitrogen and oxygen atoms in total. The number of nitrogens with zero attached hydrogens (tertiary/aromatic N) is 2. The molecule has 1 fully saturated rings. The van der Waals surface area contributed by atoms with E-state index in [9.17, 15) is 4.79 Å². The maximum absolute atomic E-state index is 12.4. The molecule has 1 heterocycles. The average Bonchev–Trinajstić information content (AvgIpc) is 3.01. The van der Waals surface area contributed by atoms with Crippen molar-refractivity contribution in [2.24, 2.45) is 12.0 Å². The van der Waals surface area contributed by atoms with Crippen LogP contribution in [-0.2, 0) is 24.7 Å². The number of carbonyl (C=O) groups excluding carboxylic acids is 1. The van der Waals surface area contributed by atoms with Crippen LogP contribution in [0.2, 0.25) is 0 Å². The third-order valence-electron chi connectivity index (χ3n) is 5.28. The zero-order valence-electron chi connectivity index (χ0n) is 16.9. The number of aromatic nitrogens is 1. The van der Waals surface area contributed by atoms with Crippen LogP contribution in [0.4, 0.5) is 5.69 Å². The summed E-state index contributed by atoms with van der Waals surface area (Å²) in [5.74, 6) is 0.0222. The number of anilines is 1. The van der Waals surface area contributed by atoms with Gasteiger partial charge in [-0.2, -0.15) is 0 Å². The fourth-order valence-corrected chi connectivity index (χ4v) is 4.52. The second kappa shape index (κ2) is 11.4. The van der Waals surface area contributed by atoms with Crippen LogP contribution in [0.3, 0.4) is 0 Å². The molecule has 1 N–H and O–H groups in total. The smallest absolute Gasteiger partial charge is 0.230 e. The van der Waals surface area contributed by atoms with Crippen LogP contribution in [0.15, 0.2) is 34.6 Å². The van der Waals surface area contributed by atoms with E-state index in [1.54, 1.807) is 11.3 Å². The van der Waals surface area contributed by atoms with Crippen LogP contribution >= 0.6 is 23.7 Å². The summed E-state index contributed by atoms with van der Waals surface area (Å²) >= 11 is 1.64. The molecule has 0 bridgehead atoms. The van der Waals surface area contributed by atoms with Gasteiger partial charge in [0, 0.05) is 23.8 Å². The van der Waals surface area contributed by atoms with Gasteiger partial charge in [0.05, 0.1) is 12.5 Å². The number of benzene rings is 1. The van der Waals surface area contributed by atoms with E-state index in [2.05, 4.69) is 34.3 Å². The highest BCUT2D eigenvalue weighted by Gasteiger charge is 2.13. The first-order valence-electron chi connectivity index (χ1n) is 10.2. The van der Waals surface area contributed by atoms with Crippen molar-refractivity contribution in [1.82, 2.24) is 4.57 Å². The summed E-state index contributed by atoms with van der Waals surface area (Å²) in [6.07, 6.45) is 10.2. The minimum absolute atomic E-state index is 0. The van der Waals surface area contributed by atoms with Crippen molar-refractivity contribution in [1.29, 1.82) is 0 Å². The molecule has 6 heteroatoms. The van der Waals surface area contributed by atoms with Crippen molar-refractivity contribution >= 4 is 35.3 Å². The summed E-state index contributed by atoms with van der Waals surface area (Å²) < 4.78 is 2.08. The Bertz CT molecular complexity index is 804. The molecule has 1 saturated carbocycles. The van der Waals surface area contributed by atoms with Crippen molar-refractivity contribution < 1.29 is 4.79 Å². The van der Waals surface area contributed by atoms with Crippen LogP contribution in [0.1, 0.15) is 63.1 Å². The molecule has 0 radical (unpaired) electrons. The minimum atomic E-state index is 0. The molecule has 0 atom stereocenters. The Morgan fingerprint density at radius 1 is 1.21 bits per heavy atom. The Kier molecular flexibility index (Phi) is 9.26. The summed E-state index contributed by atoms with van der Waals surface area (Å²) in [7, 11) is 2.02. The average molecular weight is 422 g/mol. The third-order valence-corrected chi connectivity index (χ3v) is 6.26. The molecular weight excluding hydrogens is 390 g/mol. The summed E-state index contributed by atoms with van der Waals surface area (Å²) in [5.41, 5.74) is 3.21. The molecule has 0 unspecified atom stereocenters. The van der Waals surface area contributed by atoms with E-state index in [4.69, 9.17) is 4.99 Å². The quantitative estimate of drug-likeness (QED) is 0.650. The van der Waals surface area contributed by atoms with Crippen molar-refractivity contribution in [3.8, 4) is 0 Å². The van der Waals surface area contributed by atoms with Crippen LogP contribution in [0.5, 0.6) is 0 Å². The van der Waals surface area contributed by atoms with Gasteiger partial charge in [-0.05, 0) is 43.4 Å². The molecule has 0 spiro atoms. The Morgan fingerprint density at radius 2 is 1.93 bits per heavy atom. The first-order chi connectivity index (χ1) is 13.2. The van der Waals surface area contributed by atoms with Gasteiger partial charge < -0.3 is 9.88 Å². The number of halogens is 1. The lowest BCUT2D eigenvalue weighted by Crippen LogP contribution is -2.22. The Morgan fingerprint density at radius 3 is 2.61 bits per heavy atom. The van der Waals surface area contributed by atoms with E-state index in [0.717, 1.165) is 22.6 Å². The summed E-state index contributed by atoms with van der Waals surface area (Å²) in [6.45, 7) is 2.20. The highest BCUT2D eigenvalue weighted by atomic mass is 35.5. The number of amides is 1. The normalized spacial score (nSPS) is 15.3. The fraction of sp³-hybridized carbons (Fsp3) is 0.545. The van der Waals surface area contributed by atoms with Gasteiger partial charge in [-0.15, -0.1) is 23.7 Å². The maximum Gasteiger partial charge on any atom is 0.230 e. The molecule has 1 aromatic heterocycles. The highest BCUT2D eigenvalue weighted by molar-refractivity contribution is 7.07. The van der Waals surface area contributed by atoms with Gasteiger partial charge >= 0.3 is 0 Å². The molecule has 2 aromatic rings. The van der Waals surface area contributed by atoms with E-state index in [0.29, 0.717) is 12.5 Å². The van der Waals surface area contributed by atoms with Gasteiger partial charge in [0.25, 0.3) is 0 Å². The van der Waals surface area contributed by atoms with E-state index >= 15 is 0 Å². The number of hydrogen-bond acceptors (Lipinski definition) is 3. The second-order valence-corrected chi connectivity index (χ2v) is 8.35. The first-order valence-corrected chi connectivity index (χ1v) is 11.1. The summed E-state index contributed by atoms with van der Waals surface area (Å²) in [6, 6.07) is 8.67. The van der Waals surface area contributed by atoms with Gasteiger partial charge in [0.2, 0.25) is 5.91 Å². The Balaban J connectivity index is 0.00000280. The van der Waals surface area contributed by atoms with E-state index in [1.807, 2.05) is 19.2 Å². The molecule has 3 rings (SSSR count). The minimum Gasteiger partial charge on any atom is -0.326 e. The molecule has 1 amide bonds. The molecule has 1 aliphatic rings. The first kappa shape index (κ1) is 22.7. The lowest BCUT2D eigenvalue weighted by atomic mass is 9.96. The molecule has 0 aliphatic heterocycles. The second-order valence-electron chi connectivity index (χ2n) is 7.51. The van der Waals surface area contributed by atoms with Crippen molar-refractivity contribution in [3.63, 3.8) is 0 Å². The van der Waals surface area contributed by atoms with Crippen LogP contribution in [-0.4, -0.2) is 16.5 Å². The van der Waals surface area contributed by atoms with Gasteiger partial charge in [0.1, 0.15) is 0 Å². The molecule has 1 aromatic carbocycles. The van der Waals surface area contributed by atoms with Crippen molar-refractivity contribution in [2.75, 3.05) is 5.32 Å². The zero-order valence-corrected chi connectivity index (χ0v) is 18.6. The van der Waals surface area contributed by atoms with E-state index in [-0.39, 0.29) is 18.3 Å². The topological polar surface area (TPSA) is 46.4 Å². The number of rotatable bonds is 7. The van der Waals surface area contributed by atoms with E-state index in [1.165, 1.54) is 50.5 Å². The Hall–Kier alpha value is -1.59. The maximum atomic E-state index is 12.4. The number of hydrogen-bond donors (Lipinski definition) is 1. The van der Waals surface area contributed by atoms with Crippen molar-refractivity contribution in [2.45, 2.75) is 70.8 Å². The predicted molar refractivity (Wildman–Crippen MR) is 120 cm³/mol. The monoisotopic (exact) mass is 421 g/mol. The number of aryl methyl sites for hydroxylation is 1. The van der Waals surface area contributed by atoms with Gasteiger partial charge in [-0.3, -0.25) is 9.79 Å². The van der Waals surface area contributed by atoms with Crippen molar-refractivity contribution in [3.05, 3.63) is 45.7 Å². The predicted octanol–water partition coefficient (Wildman–Crippen LogP) is 5.27. The lowest BCUT2D eigenvalue weighted by Gasteiger charge is -2.16. The summed E-state index contributed by atoms with van der Waals surface area (Å²) in [5, 5.41) is 5.08. The number of carbonyl (C=O) groups is 1. The van der Waals surface area contributed by atoms with Crippen LogP contribution in [0, 0.1) is 0 Å². The standard InChI is InChI=1S/C22H31N3OS.ClH/c1-3-4-8-17-11-13-19(14-12-17)23-21(26)15-20-16-27-22(25(20)2)24-18-9-6-5-7-10-18;/h11-14,16,18H,3-10,15H2,1-2H3,(H,23,26);1H. The number of thiazole rings is 1. The van der Waals surface area contributed by atoms with Gasteiger partial charge in [0.15, 0.2) is 4.80 Å². The van der Waals surface area contributed by atoms with Gasteiger partial charge in [-0.1, -0.05) is 44.7 Å². The van der Waals surface area contributed by atoms with Crippen LogP contribution in [0.25, 0.3) is 0 Å². The lowest BCUT2D eigenvalue weighted by molar-refractivity contribution is -0.115. The number of unbranched alkanes of at least 4 members (excludes halogenated alkanes) is 1. The molecular formula is C22H32ClN3OS. The number of nitrogens with one attached hydrogen (secondary N) is 1. The molecule has 28 heavy (non-hydrogen) atoms. The van der Waals surface area contributed by atoms with E-state index < -0.39 is 0 Å². The molecule has 154 valence electrons. The summed E-state index contributed by atoms with van der Waals surface area (Å²) in [4.78, 5) is 18.4. The fourth-order valence-electron chi connectivity index (χ4n) is 3.55. The third kappa shape index (κ3) is 6.49. The molecule has 1 aliphatic carbocycles. The Labute approximate surface area is 178 Å². The largest absolute Gasteiger partial charge is 0.326 e. The van der Waals surface area contributed by atoms with Crippen LogP contribution < -0.4 is 10.1 Å². The highest BCUT2D eigenvalue weighted by Crippen LogP contribution is 2.20. The van der Waals surface area contributed by atoms with Gasteiger partial charge in [-0.25, -0.2) is 0 Å². The zero-order chi connectivity index (χ0) is 19.1. The molecule has 0 saturated heterocycles. The SMILES string of the molecule is CCCCc1ccc(NC(=O)Cc2csc(=NC3CCCCC3)n2C)cc1.Cl.